The molecule has 0 aliphatic heterocycles. The number of nitrogens with one attached hydrogen (secondary N) is 2. The number of ether oxygens (including phenoxy) is 1. The van der Waals surface area contributed by atoms with Gasteiger partial charge in [-0.15, -0.1) is 24.5 Å². The van der Waals surface area contributed by atoms with Crippen LogP contribution < -0.4 is 15.2 Å². The van der Waals surface area contributed by atoms with E-state index in [2.05, 4.69) is 36.1 Å². The number of halogens is 3. The first-order valence-corrected chi connectivity index (χ1v) is 14.0. The summed E-state index contributed by atoms with van der Waals surface area (Å²) < 4.78 is 42.1. The molecule has 0 saturated carbocycles. The molecular formula is C30H25F3N5O3S-. The fourth-order valence-corrected chi connectivity index (χ4v) is 4.94. The molecule has 1 amide bonds. The number of hydrogen-bond donors (Lipinski definition) is 2. The molecule has 0 aliphatic rings. The summed E-state index contributed by atoms with van der Waals surface area (Å²) in [7, 11) is 0. The molecule has 1 unspecified atom stereocenters. The number of fused-ring (bicyclic) bond motifs is 1. The molecule has 0 fully saturated rings. The molecule has 3 aromatic carbocycles. The fraction of sp³-hybridized carbons (Fsp3) is 0.200. The molecule has 5 rings (SSSR count). The highest BCUT2D eigenvalue weighted by Crippen LogP contribution is 2.28. The minimum Gasteiger partial charge on any atom is -0.858 e. The minimum absolute atomic E-state index is 0.204. The molecule has 0 spiro atoms. The number of thiazole rings is 1. The van der Waals surface area contributed by atoms with Gasteiger partial charge in [0.2, 0.25) is 0 Å². The van der Waals surface area contributed by atoms with Crippen LogP contribution in [0.5, 0.6) is 5.75 Å². The number of unbranched alkanes of at least 4 members (excludes halogenated alkanes) is 1. The lowest BCUT2D eigenvalue weighted by Crippen LogP contribution is -2.26. The molecular weight excluding hydrogens is 567 g/mol. The Hall–Kier alpha value is -4.71. The van der Waals surface area contributed by atoms with Gasteiger partial charge in [-0.05, 0) is 48.2 Å². The van der Waals surface area contributed by atoms with E-state index in [1.165, 1.54) is 35.7 Å². The Morgan fingerprint density at radius 2 is 1.83 bits per heavy atom. The Morgan fingerprint density at radius 1 is 1.05 bits per heavy atom. The largest absolute Gasteiger partial charge is 0.858 e. The fourth-order valence-electron chi connectivity index (χ4n) is 4.43. The number of imidazole rings is 1. The van der Waals surface area contributed by atoms with Crippen LogP contribution in [0.1, 0.15) is 46.4 Å². The normalized spacial score (nSPS) is 12.8. The van der Waals surface area contributed by atoms with E-state index in [4.69, 9.17) is 0 Å². The van der Waals surface area contributed by atoms with E-state index < -0.39 is 30.0 Å². The van der Waals surface area contributed by atoms with Gasteiger partial charge in [0.1, 0.15) is 17.6 Å². The van der Waals surface area contributed by atoms with Crippen LogP contribution in [-0.4, -0.2) is 39.7 Å². The van der Waals surface area contributed by atoms with Crippen LogP contribution in [0.4, 0.5) is 13.2 Å². The van der Waals surface area contributed by atoms with E-state index >= 15 is 0 Å². The van der Waals surface area contributed by atoms with Crippen molar-refractivity contribution >= 4 is 33.9 Å². The summed E-state index contributed by atoms with van der Waals surface area (Å²) in [6, 6.07) is 18.7. The quantitative estimate of drug-likeness (QED) is 0.110. The van der Waals surface area contributed by atoms with E-state index in [1.54, 1.807) is 11.7 Å². The van der Waals surface area contributed by atoms with Crippen molar-refractivity contribution in [2.75, 3.05) is 6.54 Å². The second kappa shape index (κ2) is 12.9. The van der Waals surface area contributed by atoms with Crippen LogP contribution >= 0.6 is 11.3 Å². The molecule has 0 aliphatic carbocycles. The maximum atomic E-state index is 12.8. The average molecular weight is 593 g/mol. The first-order valence-electron chi connectivity index (χ1n) is 13.1. The molecule has 8 nitrogen and oxygen atoms in total. The standard InChI is InChI=1S/C30H26F3N5O3S/c31-30(32,33)41-25-11-4-3-9-22(25)28(39)35-14-6-5-10-23(38-29(40)26-17-34-18-42-26)27-36-16-24(37-27)21-13-12-19-7-1-2-8-20(19)15-21/h1-4,7-9,11-13,15-18,23H,5-6,10,14H2,(H,35,39)(H,36,37)(H,38,40)/p-1. The molecule has 2 N–H and O–H groups in total. The summed E-state index contributed by atoms with van der Waals surface area (Å²) in [5, 5.41) is 17.6. The Labute approximate surface area is 243 Å². The molecule has 216 valence electrons. The third-order valence-electron chi connectivity index (χ3n) is 6.44. The Balaban J connectivity index is 1.25. The summed E-state index contributed by atoms with van der Waals surface area (Å²) in [5.41, 5.74) is 3.07. The second-order valence-corrected chi connectivity index (χ2v) is 10.2. The molecule has 1 atom stereocenters. The number of nitrogens with zero attached hydrogens (tertiary/aromatic N) is 3. The monoisotopic (exact) mass is 592 g/mol. The van der Waals surface area contributed by atoms with Crippen molar-refractivity contribution in [3.05, 3.63) is 101 Å². The summed E-state index contributed by atoms with van der Waals surface area (Å²) in [6.45, 7) is 0.204. The van der Waals surface area contributed by atoms with Gasteiger partial charge in [0, 0.05) is 24.2 Å². The zero-order valence-corrected chi connectivity index (χ0v) is 22.9. The van der Waals surface area contributed by atoms with E-state index in [1.807, 2.05) is 36.4 Å². The van der Waals surface area contributed by atoms with Crippen molar-refractivity contribution in [2.24, 2.45) is 4.99 Å². The zero-order valence-electron chi connectivity index (χ0n) is 22.1. The number of carbonyl (C=O) groups excluding carboxylic acids is 1. The lowest BCUT2D eigenvalue weighted by molar-refractivity contribution is -0.274. The smallest absolute Gasteiger partial charge is 0.573 e. The first-order chi connectivity index (χ1) is 20.3. The summed E-state index contributed by atoms with van der Waals surface area (Å²) in [6.07, 6.45) is -0.250. The van der Waals surface area contributed by atoms with Crippen molar-refractivity contribution in [3.8, 4) is 17.0 Å². The second-order valence-electron chi connectivity index (χ2n) is 9.36. The van der Waals surface area contributed by atoms with E-state index in [0.717, 1.165) is 28.1 Å². The van der Waals surface area contributed by atoms with Crippen molar-refractivity contribution in [3.63, 3.8) is 0 Å². The average Bonchev–Trinajstić information content (AvgIpc) is 3.69. The van der Waals surface area contributed by atoms with Gasteiger partial charge in [-0.3, -0.25) is 14.8 Å². The van der Waals surface area contributed by atoms with Crippen LogP contribution in [0.15, 0.2) is 89.6 Å². The van der Waals surface area contributed by atoms with Crippen molar-refractivity contribution < 1.29 is 27.8 Å². The third kappa shape index (κ3) is 7.32. The Kier molecular flexibility index (Phi) is 8.82. The van der Waals surface area contributed by atoms with Gasteiger partial charge in [-0.25, -0.2) is 4.98 Å². The van der Waals surface area contributed by atoms with Gasteiger partial charge < -0.3 is 20.1 Å². The number of amides is 1. The van der Waals surface area contributed by atoms with E-state index in [-0.39, 0.29) is 12.1 Å². The molecule has 0 bridgehead atoms. The topological polar surface area (TPSA) is 115 Å². The van der Waals surface area contributed by atoms with Crippen LogP contribution in [0.3, 0.4) is 0 Å². The third-order valence-corrected chi connectivity index (χ3v) is 7.20. The summed E-state index contributed by atoms with van der Waals surface area (Å²) >= 11 is 1.20. The number of benzene rings is 3. The number of hydrogen-bond acceptors (Lipinski definition) is 7. The summed E-state index contributed by atoms with van der Waals surface area (Å²) in [4.78, 5) is 29.1. The number of carbonyl (C=O) groups is 1. The zero-order chi connectivity index (χ0) is 29.5. The van der Waals surface area contributed by atoms with Gasteiger partial charge in [0.25, 0.3) is 5.91 Å². The lowest BCUT2D eigenvalue weighted by Gasteiger charge is -2.16. The van der Waals surface area contributed by atoms with Gasteiger partial charge in [-0.1, -0.05) is 48.5 Å². The number of aliphatic imine (C=N–C) groups is 1. The number of H-pyrrole nitrogens is 1. The highest BCUT2D eigenvalue weighted by Gasteiger charge is 2.32. The minimum atomic E-state index is -4.91. The van der Waals surface area contributed by atoms with Crippen molar-refractivity contribution in [1.82, 2.24) is 20.3 Å². The highest BCUT2D eigenvalue weighted by atomic mass is 32.1. The number of para-hydroxylation sites is 1. The van der Waals surface area contributed by atoms with Gasteiger partial charge in [-0.2, -0.15) is 0 Å². The highest BCUT2D eigenvalue weighted by molar-refractivity contribution is 7.11. The van der Waals surface area contributed by atoms with Crippen molar-refractivity contribution in [1.29, 1.82) is 0 Å². The molecule has 0 radical (unpaired) electrons. The molecule has 5 aromatic rings. The Bertz CT molecular complexity index is 1690. The molecule has 2 heterocycles. The molecule has 12 heteroatoms. The van der Waals surface area contributed by atoms with Crippen LogP contribution in [0.25, 0.3) is 22.0 Å². The predicted molar refractivity (Wildman–Crippen MR) is 152 cm³/mol. The van der Waals surface area contributed by atoms with E-state index in [0.29, 0.717) is 30.0 Å². The maximum Gasteiger partial charge on any atom is 0.573 e. The van der Waals surface area contributed by atoms with Gasteiger partial charge in [0.15, 0.2) is 0 Å². The number of rotatable bonds is 11. The molecule has 2 aromatic heterocycles. The number of aromatic amines is 1. The van der Waals surface area contributed by atoms with Crippen molar-refractivity contribution in [2.45, 2.75) is 31.7 Å². The number of aromatic nitrogens is 3. The van der Waals surface area contributed by atoms with Crippen LogP contribution in [0, 0.1) is 0 Å². The Morgan fingerprint density at radius 3 is 2.62 bits per heavy atom. The predicted octanol–water partition coefficient (Wildman–Crippen LogP) is 6.03. The molecule has 0 saturated heterocycles. The number of alkyl halides is 3. The van der Waals surface area contributed by atoms with E-state index in [9.17, 15) is 23.1 Å². The SMILES string of the molecule is O=C(NCCCCC(N=C([O-])c1cncs1)c1ncc(-c2ccc3ccccc3c2)[nH]1)c1ccccc1OC(F)(F)F. The van der Waals surface area contributed by atoms with Crippen LogP contribution in [0.2, 0.25) is 0 Å². The van der Waals surface area contributed by atoms with Crippen LogP contribution in [-0.2, 0) is 0 Å². The first kappa shape index (κ1) is 28.8. The van der Waals surface area contributed by atoms with Gasteiger partial charge in [0.05, 0.1) is 27.8 Å². The maximum absolute atomic E-state index is 12.8. The molecule has 42 heavy (non-hydrogen) atoms. The summed E-state index contributed by atoms with van der Waals surface area (Å²) in [5.74, 6) is -1.12. The lowest BCUT2D eigenvalue weighted by atomic mass is 10.1. The van der Waals surface area contributed by atoms with Gasteiger partial charge >= 0.3 is 6.36 Å².